The molecule has 0 N–H and O–H groups in total. The molecule has 3 aromatic rings. The van der Waals surface area contributed by atoms with Crippen LogP contribution < -0.4 is 9.64 Å². The minimum absolute atomic E-state index is 0.0188. The minimum Gasteiger partial charge on any atom is -0.497 e. The Kier molecular flexibility index (Phi) is 5.53. The van der Waals surface area contributed by atoms with Crippen LogP contribution in [0.1, 0.15) is 35.2 Å². The van der Waals surface area contributed by atoms with E-state index in [2.05, 4.69) is 10.1 Å². The second-order valence-corrected chi connectivity index (χ2v) is 7.66. The summed E-state index contributed by atoms with van der Waals surface area (Å²) in [5, 5.41) is 4.70. The maximum atomic E-state index is 12.5. The molecule has 2 heterocycles. The Morgan fingerprint density at radius 1 is 1.21 bits per heavy atom. The van der Waals surface area contributed by atoms with E-state index in [-0.39, 0.29) is 11.8 Å². The van der Waals surface area contributed by atoms with Gasteiger partial charge in [0.25, 0.3) is 0 Å². The minimum atomic E-state index is -0.0987. The van der Waals surface area contributed by atoms with Crippen LogP contribution in [0.5, 0.6) is 5.75 Å². The molecule has 1 aliphatic heterocycles. The number of rotatable bonds is 6. The first-order valence-corrected chi connectivity index (χ1v) is 9.93. The lowest BCUT2D eigenvalue weighted by Crippen LogP contribution is -2.24. The number of amides is 1. The van der Waals surface area contributed by atoms with Crippen LogP contribution >= 0.6 is 11.6 Å². The van der Waals surface area contributed by atoms with E-state index >= 15 is 0 Å². The number of nitrogens with zero attached hydrogens (tertiary/aromatic N) is 3. The normalized spacial score (nSPS) is 16.4. The molecular weight excluding hydrogens is 390 g/mol. The van der Waals surface area contributed by atoms with Gasteiger partial charge in [-0.15, -0.1) is 0 Å². The molecule has 0 spiro atoms. The van der Waals surface area contributed by atoms with Gasteiger partial charge in [0.05, 0.1) is 17.8 Å². The first-order valence-electron chi connectivity index (χ1n) is 9.55. The standard InChI is InChI=1S/C22H22ClN3O3/c1-14-3-9-19(18(23)11-14)26-13-16(12-21(26)27)22-24-20(29-25-22)10-6-15-4-7-17(28-2)8-5-15/h3-5,7-9,11,16H,6,10,12-13H2,1-2H3. The van der Waals surface area contributed by atoms with Crippen molar-refractivity contribution in [1.82, 2.24) is 10.1 Å². The SMILES string of the molecule is COc1ccc(CCc2nc(C3CC(=O)N(c4ccc(C)cc4Cl)C3)no2)cc1. The number of aromatic nitrogens is 2. The van der Waals surface area contributed by atoms with E-state index in [0.29, 0.717) is 36.1 Å². The molecule has 1 atom stereocenters. The molecule has 1 saturated heterocycles. The van der Waals surface area contributed by atoms with E-state index in [1.54, 1.807) is 12.0 Å². The van der Waals surface area contributed by atoms with Gasteiger partial charge in [-0.05, 0) is 48.7 Å². The molecular formula is C22H22ClN3O3. The lowest BCUT2D eigenvalue weighted by atomic mass is 10.1. The summed E-state index contributed by atoms with van der Waals surface area (Å²) in [5.41, 5.74) is 2.95. The molecule has 29 heavy (non-hydrogen) atoms. The molecule has 1 fully saturated rings. The van der Waals surface area contributed by atoms with Crippen LogP contribution in [0.3, 0.4) is 0 Å². The fourth-order valence-electron chi connectivity index (χ4n) is 3.52. The van der Waals surface area contributed by atoms with Crippen molar-refractivity contribution in [3.05, 3.63) is 70.3 Å². The van der Waals surface area contributed by atoms with Gasteiger partial charge in [0, 0.05) is 25.3 Å². The Labute approximate surface area is 174 Å². The highest BCUT2D eigenvalue weighted by Crippen LogP contribution is 2.34. The van der Waals surface area contributed by atoms with Crippen molar-refractivity contribution in [2.45, 2.75) is 32.1 Å². The van der Waals surface area contributed by atoms with Gasteiger partial charge in [-0.25, -0.2) is 0 Å². The number of ether oxygens (including phenoxy) is 1. The molecule has 1 unspecified atom stereocenters. The highest BCUT2D eigenvalue weighted by Gasteiger charge is 2.35. The van der Waals surface area contributed by atoms with E-state index in [4.69, 9.17) is 20.9 Å². The largest absolute Gasteiger partial charge is 0.497 e. The lowest BCUT2D eigenvalue weighted by molar-refractivity contribution is -0.117. The van der Waals surface area contributed by atoms with Crippen LogP contribution in [-0.2, 0) is 17.6 Å². The summed E-state index contributed by atoms with van der Waals surface area (Å²) in [6.07, 6.45) is 1.79. The lowest BCUT2D eigenvalue weighted by Gasteiger charge is -2.18. The molecule has 7 heteroatoms. The molecule has 0 aliphatic carbocycles. The first-order chi connectivity index (χ1) is 14.0. The second kappa shape index (κ2) is 8.25. The topological polar surface area (TPSA) is 68.5 Å². The number of methoxy groups -OCH3 is 1. The van der Waals surface area contributed by atoms with Gasteiger partial charge in [0.2, 0.25) is 11.8 Å². The monoisotopic (exact) mass is 411 g/mol. The molecule has 0 radical (unpaired) electrons. The van der Waals surface area contributed by atoms with Crippen molar-refractivity contribution in [3.63, 3.8) is 0 Å². The van der Waals surface area contributed by atoms with Crippen molar-refractivity contribution >= 4 is 23.2 Å². The Morgan fingerprint density at radius 3 is 2.72 bits per heavy atom. The Morgan fingerprint density at radius 2 is 2.00 bits per heavy atom. The Hall–Kier alpha value is -2.86. The van der Waals surface area contributed by atoms with E-state index in [1.165, 1.54) is 5.56 Å². The van der Waals surface area contributed by atoms with Crippen molar-refractivity contribution in [3.8, 4) is 5.75 Å². The van der Waals surface area contributed by atoms with Crippen LogP contribution in [0, 0.1) is 6.92 Å². The third kappa shape index (κ3) is 4.27. The van der Waals surface area contributed by atoms with Gasteiger partial charge in [0.1, 0.15) is 5.75 Å². The number of benzene rings is 2. The predicted octanol–water partition coefficient (Wildman–Crippen LogP) is 4.35. The fourth-order valence-corrected chi connectivity index (χ4v) is 3.86. The molecule has 1 amide bonds. The molecule has 150 valence electrons. The summed E-state index contributed by atoms with van der Waals surface area (Å²) in [5.74, 6) is 1.91. The van der Waals surface area contributed by atoms with Gasteiger partial charge >= 0.3 is 0 Å². The smallest absolute Gasteiger partial charge is 0.227 e. The Bertz CT molecular complexity index is 1020. The van der Waals surface area contributed by atoms with Crippen LogP contribution in [0.2, 0.25) is 5.02 Å². The first kappa shape index (κ1) is 19.5. The number of hydrogen-bond donors (Lipinski definition) is 0. The van der Waals surface area contributed by atoms with Crippen molar-refractivity contribution in [2.24, 2.45) is 0 Å². The summed E-state index contributed by atoms with van der Waals surface area (Å²) in [4.78, 5) is 18.8. The molecule has 1 aliphatic rings. The molecule has 1 aromatic heterocycles. The zero-order valence-electron chi connectivity index (χ0n) is 16.4. The van der Waals surface area contributed by atoms with E-state index in [1.807, 2.05) is 49.4 Å². The summed E-state index contributed by atoms with van der Waals surface area (Å²) in [6, 6.07) is 13.6. The summed E-state index contributed by atoms with van der Waals surface area (Å²) in [7, 11) is 1.65. The molecule has 6 nitrogen and oxygen atoms in total. The molecule has 4 rings (SSSR count). The summed E-state index contributed by atoms with van der Waals surface area (Å²) < 4.78 is 10.6. The van der Waals surface area contributed by atoms with Crippen LogP contribution in [-0.4, -0.2) is 29.7 Å². The molecule has 2 aromatic carbocycles. The number of anilines is 1. The molecule has 0 saturated carbocycles. The summed E-state index contributed by atoms with van der Waals surface area (Å²) >= 11 is 6.34. The highest BCUT2D eigenvalue weighted by atomic mass is 35.5. The van der Waals surface area contributed by atoms with Gasteiger partial charge in [-0.1, -0.05) is 35.0 Å². The van der Waals surface area contributed by atoms with E-state index < -0.39 is 0 Å². The number of halogens is 1. The zero-order valence-corrected chi connectivity index (χ0v) is 17.1. The second-order valence-electron chi connectivity index (χ2n) is 7.25. The van der Waals surface area contributed by atoms with Gasteiger partial charge in [0.15, 0.2) is 5.82 Å². The van der Waals surface area contributed by atoms with E-state index in [9.17, 15) is 4.79 Å². The molecule has 0 bridgehead atoms. The van der Waals surface area contributed by atoms with Crippen molar-refractivity contribution < 1.29 is 14.1 Å². The van der Waals surface area contributed by atoms with Gasteiger partial charge in [-0.2, -0.15) is 4.98 Å². The average Bonchev–Trinajstić information content (AvgIpc) is 3.34. The van der Waals surface area contributed by atoms with Crippen LogP contribution in [0.25, 0.3) is 0 Å². The van der Waals surface area contributed by atoms with Crippen molar-refractivity contribution in [1.29, 1.82) is 0 Å². The number of hydrogen-bond acceptors (Lipinski definition) is 5. The van der Waals surface area contributed by atoms with Crippen LogP contribution in [0.4, 0.5) is 5.69 Å². The van der Waals surface area contributed by atoms with Gasteiger partial charge in [-0.3, -0.25) is 4.79 Å². The summed E-state index contributed by atoms with van der Waals surface area (Å²) in [6.45, 7) is 2.47. The fraction of sp³-hybridized carbons (Fsp3) is 0.318. The maximum Gasteiger partial charge on any atom is 0.227 e. The van der Waals surface area contributed by atoms with Crippen LogP contribution in [0.15, 0.2) is 47.0 Å². The number of carbonyl (C=O) groups excluding carboxylic acids is 1. The third-order valence-electron chi connectivity index (χ3n) is 5.15. The van der Waals surface area contributed by atoms with Gasteiger partial charge < -0.3 is 14.2 Å². The Balaban J connectivity index is 1.40. The number of carbonyl (C=O) groups is 1. The maximum absolute atomic E-state index is 12.5. The quantitative estimate of drug-likeness (QED) is 0.603. The number of aryl methyl sites for hydroxylation is 3. The highest BCUT2D eigenvalue weighted by molar-refractivity contribution is 6.34. The average molecular weight is 412 g/mol. The predicted molar refractivity (Wildman–Crippen MR) is 111 cm³/mol. The third-order valence-corrected chi connectivity index (χ3v) is 5.46. The van der Waals surface area contributed by atoms with E-state index in [0.717, 1.165) is 23.4 Å². The zero-order chi connectivity index (χ0) is 20.4. The van der Waals surface area contributed by atoms with Crippen molar-refractivity contribution in [2.75, 3.05) is 18.6 Å².